The molecule has 4 aromatic heterocycles. The molecule has 6 nitrogen and oxygen atoms in total. The Balaban J connectivity index is 1.35. The van der Waals surface area contributed by atoms with Gasteiger partial charge in [-0.2, -0.15) is 0 Å². The molecule has 0 spiro atoms. The van der Waals surface area contributed by atoms with Crippen molar-refractivity contribution in [2.45, 2.75) is 26.4 Å². The van der Waals surface area contributed by atoms with E-state index in [1.165, 1.54) is 0 Å². The molecule has 0 N–H and O–H groups in total. The molecular formula is C24H22N4O2. The summed E-state index contributed by atoms with van der Waals surface area (Å²) in [6, 6.07) is 23.3. The average Bonchev–Trinajstić information content (AvgIpc) is 2.81. The molecular weight excluding hydrogens is 376 g/mol. The Morgan fingerprint density at radius 2 is 0.900 bits per heavy atom. The summed E-state index contributed by atoms with van der Waals surface area (Å²) >= 11 is 0. The van der Waals surface area contributed by atoms with Crippen molar-refractivity contribution in [2.24, 2.45) is 0 Å². The van der Waals surface area contributed by atoms with Crippen LogP contribution >= 0.6 is 0 Å². The molecule has 0 saturated carbocycles. The first-order chi connectivity index (χ1) is 14.9. The smallest absolute Gasteiger partial charge is 0.0893 e. The third-order valence-electron chi connectivity index (χ3n) is 4.33. The Hall–Kier alpha value is -3.48. The number of pyridine rings is 4. The highest BCUT2D eigenvalue weighted by atomic mass is 16.5. The lowest BCUT2D eigenvalue weighted by atomic mass is 10.2. The predicted octanol–water partition coefficient (Wildman–Crippen LogP) is 4.37. The summed E-state index contributed by atoms with van der Waals surface area (Å²) in [6.45, 7) is 1.73. The van der Waals surface area contributed by atoms with Crippen molar-refractivity contribution in [2.75, 3.05) is 0 Å². The maximum absolute atomic E-state index is 5.74. The van der Waals surface area contributed by atoms with Gasteiger partial charge in [-0.15, -0.1) is 0 Å². The molecule has 4 heterocycles. The van der Waals surface area contributed by atoms with E-state index in [2.05, 4.69) is 19.9 Å². The van der Waals surface area contributed by atoms with Gasteiger partial charge in [-0.3, -0.25) is 9.97 Å². The van der Waals surface area contributed by atoms with E-state index in [0.29, 0.717) is 26.4 Å². The van der Waals surface area contributed by atoms with Gasteiger partial charge in [0.1, 0.15) is 0 Å². The summed E-state index contributed by atoms with van der Waals surface area (Å²) in [4.78, 5) is 17.9. The van der Waals surface area contributed by atoms with Crippen LogP contribution in [0, 0.1) is 0 Å². The van der Waals surface area contributed by atoms with Crippen LogP contribution in [-0.4, -0.2) is 19.9 Å². The minimum absolute atomic E-state index is 0.414. The maximum Gasteiger partial charge on any atom is 0.0893 e. The summed E-state index contributed by atoms with van der Waals surface area (Å²) in [5.74, 6) is 0. The number of ether oxygens (including phenoxy) is 2. The molecule has 0 unspecified atom stereocenters. The number of nitrogens with zero attached hydrogens (tertiary/aromatic N) is 4. The molecule has 0 aliphatic carbocycles. The zero-order chi connectivity index (χ0) is 20.4. The van der Waals surface area contributed by atoms with E-state index in [4.69, 9.17) is 9.47 Å². The third-order valence-corrected chi connectivity index (χ3v) is 4.33. The van der Waals surface area contributed by atoms with Crippen LogP contribution in [0.5, 0.6) is 0 Å². The lowest BCUT2D eigenvalue weighted by molar-refractivity contribution is 0.102. The van der Waals surface area contributed by atoms with E-state index < -0.39 is 0 Å². The van der Waals surface area contributed by atoms with E-state index in [9.17, 15) is 0 Å². The maximum atomic E-state index is 5.74. The largest absolute Gasteiger partial charge is 0.369 e. The normalized spacial score (nSPS) is 10.8. The van der Waals surface area contributed by atoms with Gasteiger partial charge in [0.05, 0.1) is 60.6 Å². The highest BCUT2D eigenvalue weighted by Gasteiger charge is 2.05. The lowest BCUT2D eigenvalue weighted by Gasteiger charge is -2.08. The molecule has 0 aliphatic heterocycles. The Bertz CT molecular complexity index is 972. The SMILES string of the molecule is c1ccc(COCc2cccc(-c3cccc(COCc4ccccn4)n3)n2)nc1. The fraction of sp³-hybridized carbons (Fsp3) is 0.167. The second kappa shape index (κ2) is 10.3. The van der Waals surface area contributed by atoms with Crippen LogP contribution in [0.15, 0.2) is 85.2 Å². The van der Waals surface area contributed by atoms with Gasteiger partial charge in [-0.1, -0.05) is 24.3 Å². The Morgan fingerprint density at radius 1 is 0.467 bits per heavy atom. The van der Waals surface area contributed by atoms with Crippen molar-refractivity contribution in [3.63, 3.8) is 0 Å². The topological polar surface area (TPSA) is 70.0 Å². The second-order valence-corrected chi connectivity index (χ2v) is 6.66. The molecule has 30 heavy (non-hydrogen) atoms. The summed E-state index contributed by atoms with van der Waals surface area (Å²) in [5, 5.41) is 0. The zero-order valence-electron chi connectivity index (χ0n) is 16.5. The van der Waals surface area contributed by atoms with Gasteiger partial charge in [0.25, 0.3) is 0 Å². The molecule has 150 valence electrons. The molecule has 0 atom stereocenters. The van der Waals surface area contributed by atoms with Gasteiger partial charge < -0.3 is 9.47 Å². The van der Waals surface area contributed by atoms with E-state index in [1.54, 1.807) is 12.4 Å². The number of hydrogen-bond acceptors (Lipinski definition) is 6. The number of aromatic nitrogens is 4. The number of rotatable bonds is 9. The van der Waals surface area contributed by atoms with E-state index in [1.807, 2.05) is 72.8 Å². The predicted molar refractivity (Wildman–Crippen MR) is 113 cm³/mol. The highest BCUT2D eigenvalue weighted by Crippen LogP contribution is 2.16. The first-order valence-corrected chi connectivity index (χ1v) is 9.74. The van der Waals surface area contributed by atoms with Crippen molar-refractivity contribution in [3.05, 3.63) is 108 Å². The van der Waals surface area contributed by atoms with Gasteiger partial charge in [-0.05, 0) is 48.5 Å². The molecule has 4 aromatic rings. The fourth-order valence-corrected chi connectivity index (χ4v) is 2.89. The third kappa shape index (κ3) is 5.76. The van der Waals surface area contributed by atoms with Crippen molar-refractivity contribution in [3.8, 4) is 11.4 Å². The molecule has 0 bridgehead atoms. The van der Waals surface area contributed by atoms with Gasteiger partial charge in [0.15, 0.2) is 0 Å². The summed E-state index contributed by atoms with van der Waals surface area (Å²) in [7, 11) is 0. The van der Waals surface area contributed by atoms with Crippen molar-refractivity contribution in [1.29, 1.82) is 0 Å². The Labute approximate surface area is 175 Å². The standard InChI is InChI=1S/C24H22N4O2/c1-3-13-25-19(7-1)15-29-17-21-9-5-11-23(27-21)24-12-6-10-22(28-24)18-30-16-20-8-2-4-14-26-20/h1-14H,15-18H2. The van der Waals surface area contributed by atoms with Crippen molar-refractivity contribution >= 4 is 0 Å². The van der Waals surface area contributed by atoms with Crippen LogP contribution < -0.4 is 0 Å². The van der Waals surface area contributed by atoms with Crippen LogP contribution in [0.3, 0.4) is 0 Å². The van der Waals surface area contributed by atoms with Gasteiger partial charge in [0.2, 0.25) is 0 Å². The molecule has 6 heteroatoms. The second-order valence-electron chi connectivity index (χ2n) is 6.66. The molecule has 4 rings (SSSR count). The Kier molecular flexibility index (Phi) is 6.83. The van der Waals surface area contributed by atoms with Crippen molar-refractivity contribution < 1.29 is 9.47 Å². The van der Waals surface area contributed by atoms with E-state index in [-0.39, 0.29) is 0 Å². The summed E-state index contributed by atoms with van der Waals surface area (Å²) in [6.07, 6.45) is 3.52. The zero-order valence-corrected chi connectivity index (χ0v) is 16.5. The molecule has 0 aromatic carbocycles. The molecule has 0 radical (unpaired) electrons. The van der Waals surface area contributed by atoms with Crippen LogP contribution in [0.1, 0.15) is 22.8 Å². The van der Waals surface area contributed by atoms with Crippen LogP contribution in [0.4, 0.5) is 0 Å². The minimum Gasteiger partial charge on any atom is -0.369 e. The first-order valence-electron chi connectivity index (χ1n) is 9.74. The molecule has 0 fully saturated rings. The summed E-state index contributed by atoms with van der Waals surface area (Å²) < 4.78 is 11.5. The first kappa shape index (κ1) is 19.8. The lowest BCUT2D eigenvalue weighted by Crippen LogP contribution is -2.01. The quantitative estimate of drug-likeness (QED) is 0.417. The van der Waals surface area contributed by atoms with E-state index >= 15 is 0 Å². The minimum atomic E-state index is 0.414. The monoisotopic (exact) mass is 398 g/mol. The van der Waals surface area contributed by atoms with Gasteiger partial charge in [0, 0.05) is 12.4 Å². The van der Waals surface area contributed by atoms with E-state index in [0.717, 1.165) is 34.2 Å². The average molecular weight is 398 g/mol. The van der Waals surface area contributed by atoms with Crippen molar-refractivity contribution in [1.82, 2.24) is 19.9 Å². The Morgan fingerprint density at radius 3 is 1.33 bits per heavy atom. The van der Waals surface area contributed by atoms with Crippen LogP contribution in [-0.2, 0) is 35.9 Å². The van der Waals surface area contributed by atoms with Gasteiger partial charge >= 0.3 is 0 Å². The fourth-order valence-electron chi connectivity index (χ4n) is 2.89. The number of hydrogen-bond donors (Lipinski definition) is 0. The van der Waals surface area contributed by atoms with Gasteiger partial charge in [-0.25, -0.2) is 9.97 Å². The molecule has 0 amide bonds. The van der Waals surface area contributed by atoms with Crippen LogP contribution in [0.25, 0.3) is 11.4 Å². The van der Waals surface area contributed by atoms with Crippen LogP contribution in [0.2, 0.25) is 0 Å². The molecule has 0 aliphatic rings. The summed E-state index contributed by atoms with van der Waals surface area (Å²) in [5.41, 5.74) is 5.10. The highest BCUT2D eigenvalue weighted by molar-refractivity contribution is 5.54. The molecule has 0 saturated heterocycles.